The van der Waals surface area contributed by atoms with Crippen LogP contribution in [0.2, 0.25) is 5.02 Å². The molecule has 1 aromatic rings. The van der Waals surface area contributed by atoms with Crippen LogP contribution in [0.4, 0.5) is 0 Å². The number of ether oxygens (including phenoxy) is 1. The van der Waals surface area contributed by atoms with Crippen LogP contribution in [0.5, 0.6) is 5.75 Å². The van der Waals surface area contributed by atoms with Crippen LogP contribution in [0.25, 0.3) is 0 Å². The van der Waals surface area contributed by atoms with E-state index in [0.717, 1.165) is 41.9 Å². The van der Waals surface area contributed by atoms with E-state index >= 15 is 0 Å². The van der Waals surface area contributed by atoms with Gasteiger partial charge < -0.3 is 10.1 Å². The molecule has 0 spiro atoms. The lowest BCUT2D eigenvalue weighted by Crippen LogP contribution is -2.20. The molecule has 0 aliphatic heterocycles. The summed E-state index contributed by atoms with van der Waals surface area (Å²) in [4.78, 5) is 0. The number of hydrogen-bond acceptors (Lipinski definition) is 2. The Kier molecular flexibility index (Phi) is 4.69. The number of hydrogen-bond donors (Lipinski definition) is 1. The maximum absolute atomic E-state index is 6.01. The first-order valence-corrected chi connectivity index (χ1v) is 6.79. The smallest absolute Gasteiger partial charge is 0.123 e. The van der Waals surface area contributed by atoms with Crippen molar-refractivity contribution in [3.8, 4) is 5.75 Å². The van der Waals surface area contributed by atoms with Crippen molar-refractivity contribution in [3.63, 3.8) is 0 Å². The highest BCUT2D eigenvalue weighted by Gasteiger charge is 2.18. The summed E-state index contributed by atoms with van der Waals surface area (Å²) in [6.07, 6.45) is 3.99. The number of nitrogens with one attached hydrogen (secondary N) is 1. The van der Waals surface area contributed by atoms with E-state index in [2.05, 4.69) is 12.2 Å². The van der Waals surface area contributed by atoms with Gasteiger partial charge in [0, 0.05) is 17.1 Å². The van der Waals surface area contributed by atoms with E-state index in [9.17, 15) is 0 Å². The lowest BCUT2D eigenvalue weighted by Gasteiger charge is -2.25. The minimum Gasteiger partial charge on any atom is -0.493 e. The van der Waals surface area contributed by atoms with Crippen molar-refractivity contribution in [2.45, 2.75) is 32.7 Å². The average Bonchev–Trinajstić information content (AvgIpc) is 2.26. The fraction of sp³-hybridized carbons (Fsp3) is 0.571. The van der Waals surface area contributed by atoms with Gasteiger partial charge in [-0.05, 0) is 43.5 Å². The first-order chi connectivity index (χ1) is 8.29. The Labute approximate surface area is 108 Å². The van der Waals surface area contributed by atoms with Crippen LogP contribution in [-0.4, -0.2) is 13.2 Å². The largest absolute Gasteiger partial charge is 0.493 e. The summed E-state index contributed by atoms with van der Waals surface area (Å²) in [6, 6.07) is 5.86. The van der Waals surface area contributed by atoms with E-state index in [4.69, 9.17) is 16.3 Å². The van der Waals surface area contributed by atoms with E-state index in [0.29, 0.717) is 0 Å². The lowest BCUT2D eigenvalue weighted by atomic mass is 9.86. The van der Waals surface area contributed by atoms with E-state index < -0.39 is 0 Å². The molecule has 17 heavy (non-hydrogen) atoms. The molecule has 0 atom stereocenters. The van der Waals surface area contributed by atoms with Crippen molar-refractivity contribution in [1.29, 1.82) is 0 Å². The molecular weight excluding hydrogens is 234 g/mol. The molecule has 0 radical (unpaired) electrons. The zero-order valence-electron chi connectivity index (χ0n) is 10.3. The molecule has 2 rings (SSSR count). The molecule has 1 aliphatic rings. The highest BCUT2D eigenvalue weighted by atomic mass is 35.5. The maximum atomic E-state index is 6.01. The highest BCUT2D eigenvalue weighted by Crippen LogP contribution is 2.29. The Bertz CT molecular complexity index is 363. The van der Waals surface area contributed by atoms with Gasteiger partial charge in [-0.15, -0.1) is 0 Å². The van der Waals surface area contributed by atoms with Crippen LogP contribution in [0.3, 0.4) is 0 Å². The average molecular weight is 254 g/mol. The maximum Gasteiger partial charge on any atom is 0.123 e. The summed E-state index contributed by atoms with van der Waals surface area (Å²) in [5.74, 6) is 1.74. The van der Waals surface area contributed by atoms with E-state index in [-0.39, 0.29) is 0 Å². The normalized spacial score (nSPS) is 15.6. The van der Waals surface area contributed by atoms with E-state index in [1.807, 2.05) is 18.2 Å². The van der Waals surface area contributed by atoms with Crippen molar-refractivity contribution < 1.29 is 4.74 Å². The van der Waals surface area contributed by atoms with Crippen LogP contribution in [-0.2, 0) is 6.54 Å². The van der Waals surface area contributed by atoms with E-state index in [1.54, 1.807) is 0 Å². The molecule has 94 valence electrons. The Morgan fingerprint density at radius 1 is 1.41 bits per heavy atom. The summed E-state index contributed by atoms with van der Waals surface area (Å²) >= 11 is 6.01. The van der Waals surface area contributed by atoms with Gasteiger partial charge in [0.2, 0.25) is 0 Å². The zero-order chi connectivity index (χ0) is 12.1. The van der Waals surface area contributed by atoms with Crippen molar-refractivity contribution in [2.75, 3.05) is 13.2 Å². The van der Waals surface area contributed by atoms with Gasteiger partial charge in [0.15, 0.2) is 0 Å². The third-order valence-electron chi connectivity index (χ3n) is 3.29. The molecule has 3 heteroatoms. The van der Waals surface area contributed by atoms with Crippen LogP contribution in [0.1, 0.15) is 31.7 Å². The molecule has 0 unspecified atom stereocenters. The molecule has 0 saturated heterocycles. The molecule has 1 N–H and O–H groups in total. The summed E-state index contributed by atoms with van der Waals surface area (Å²) in [5.41, 5.74) is 1.15. The van der Waals surface area contributed by atoms with Crippen molar-refractivity contribution >= 4 is 11.6 Å². The highest BCUT2D eigenvalue weighted by molar-refractivity contribution is 6.30. The van der Waals surface area contributed by atoms with Gasteiger partial charge >= 0.3 is 0 Å². The predicted octanol–water partition coefficient (Wildman–Crippen LogP) is 3.63. The molecule has 0 amide bonds. The quantitative estimate of drug-likeness (QED) is 0.836. The van der Waals surface area contributed by atoms with E-state index in [1.165, 1.54) is 19.3 Å². The van der Waals surface area contributed by atoms with Gasteiger partial charge in [-0.2, -0.15) is 0 Å². The third kappa shape index (κ3) is 3.62. The molecule has 1 fully saturated rings. The van der Waals surface area contributed by atoms with Crippen molar-refractivity contribution in [3.05, 3.63) is 28.8 Å². The van der Waals surface area contributed by atoms with Gasteiger partial charge in [-0.25, -0.2) is 0 Å². The van der Waals surface area contributed by atoms with Crippen molar-refractivity contribution in [2.24, 2.45) is 5.92 Å². The zero-order valence-corrected chi connectivity index (χ0v) is 11.1. The minimum atomic E-state index is 0.762. The SMILES string of the molecule is CCNCc1cc(Cl)ccc1OCC1CCC1. The molecule has 2 nitrogen and oxygen atoms in total. The fourth-order valence-electron chi connectivity index (χ4n) is 1.95. The molecule has 1 saturated carbocycles. The van der Waals surface area contributed by atoms with Gasteiger partial charge in [0.1, 0.15) is 5.75 Å². The molecule has 1 aliphatic carbocycles. The fourth-order valence-corrected chi connectivity index (χ4v) is 2.15. The summed E-state index contributed by atoms with van der Waals surface area (Å²) in [5, 5.41) is 4.08. The van der Waals surface area contributed by atoms with Crippen molar-refractivity contribution in [1.82, 2.24) is 5.32 Å². The second-order valence-electron chi connectivity index (χ2n) is 4.64. The Balaban J connectivity index is 1.97. The van der Waals surface area contributed by atoms with Gasteiger partial charge in [-0.3, -0.25) is 0 Å². The molecule has 0 bridgehead atoms. The monoisotopic (exact) mass is 253 g/mol. The van der Waals surface area contributed by atoms with Crippen LogP contribution < -0.4 is 10.1 Å². The Morgan fingerprint density at radius 3 is 2.88 bits per heavy atom. The molecule has 1 aromatic carbocycles. The third-order valence-corrected chi connectivity index (χ3v) is 3.52. The van der Waals surface area contributed by atoms with Crippen LogP contribution in [0.15, 0.2) is 18.2 Å². The van der Waals surface area contributed by atoms with Gasteiger partial charge in [0.05, 0.1) is 6.61 Å². The summed E-state index contributed by atoms with van der Waals surface area (Å²) < 4.78 is 5.89. The second-order valence-corrected chi connectivity index (χ2v) is 5.08. The second kappa shape index (κ2) is 6.27. The number of benzene rings is 1. The predicted molar refractivity (Wildman–Crippen MR) is 71.7 cm³/mol. The van der Waals surface area contributed by atoms with Gasteiger partial charge in [0.25, 0.3) is 0 Å². The van der Waals surface area contributed by atoms with Crippen LogP contribution >= 0.6 is 11.6 Å². The molecular formula is C14H20ClNO. The number of rotatable bonds is 6. The summed E-state index contributed by atoms with van der Waals surface area (Å²) in [6.45, 7) is 4.71. The van der Waals surface area contributed by atoms with Crippen LogP contribution in [0, 0.1) is 5.92 Å². The first-order valence-electron chi connectivity index (χ1n) is 6.41. The van der Waals surface area contributed by atoms with Gasteiger partial charge in [-0.1, -0.05) is 24.9 Å². The Morgan fingerprint density at radius 2 is 2.24 bits per heavy atom. The Hall–Kier alpha value is -0.730. The minimum absolute atomic E-state index is 0.762. The number of halogens is 1. The lowest BCUT2D eigenvalue weighted by molar-refractivity contribution is 0.179. The standard InChI is InChI=1S/C14H20ClNO/c1-2-16-9-12-8-13(15)6-7-14(12)17-10-11-4-3-5-11/h6-8,11,16H,2-5,9-10H2,1H3. The molecule has 0 heterocycles. The molecule has 0 aromatic heterocycles. The summed E-state index contributed by atoms with van der Waals surface area (Å²) in [7, 11) is 0. The topological polar surface area (TPSA) is 21.3 Å². The first kappa shape index (κ1) is 12.7.